The van der Waals surface area contributed by atoms with Gasteiger partial charge in [-0.1, -0.05) is 12.1 Å². The monoisotopic (exact) mass is 495 g/mol. The maximum absolute atomic E-state index is 13.3. The molecule has 10 nitrogen and oxygen atoms in total. The number of rotatable bonds is 5. The molecule has 0 aliphatic carbocycles. The zero-order chi connectivity index (χ0) is 25.2. The minimum Gasteiger partial charge on any atom is -0.485 e. The van der Waals surface area contributed by atoms with E-state index in [1.807, 2.05) is 0 Å². The first-order valence-electron chi connectivity index (χ1n) is 10.6. The summed E-state index contributed by atoms with van der Waals surface area (Å²) in [5.74, 6) is -0.528. The van der Waals surface area contributed by atoms with Crippen molar-refractivity contribution in [1.29, 1.82) is 0 Å². The first-order chi connectivity index (χ1) is 16.6. The molecule has 0 bridgehead atoms. The number of nitro groups is 1. The highest BCUT2D eigenvalue weighted by Gasteiger charge is 2.37. The summed E-state index contributed by atoms with van der Waals surface area (Å²) < 4.78 is 56.2. The smallest absolute Gasteiger partial charge is 0.420 e. The van der Waals surface area contributed by atoms with Crippen LogP contribution in [-0.2, 0) is 15.8 Å². The topological polar surface area (TPSA) is 111 Å². The third-order valence-corrected chi connectivity index (χ3v) is 5.56. The van der Waals surface area contributed by atoms with Gasteiger partial charge in [-0.15, -0.1) is 0 Å². The van der Waals surface area contributed by atoms with Crippen LogP contribution in [0.4, 0.5) is 18.9 Å². The molecule has 1 atom stereocenters. The quantitative estimate of drug-likeness (QED) is 0.463. The molecule has 0 radical (unpaired) electrons. The maximum Gasteiger partial charge on any atom is 0.420 e. The van der Waals surface area contributed by atoms with Crippen LogP contribution in [-0.4, -0.2) is 72.0 Å². The second-order valence-electron chi connectivity index (χ2n) is 7.79. The van der Waals surface area contributed by atoms with E-state index in [4.69, 9.17) is 14.2 Å². The molecule has 13 heteroatoms. The Morgan fingerprint density at radius 1 is 1.06 bits per heavy atom. The van der Waals surface area contributed by atoms with E-state index in [0.29, 0.717) is 17.6 Å². The zero-order valence-electron chi connectivity index (χ0n) is 18.2. The molecule has 4 rings (SSSR count). The molecular formula is C22H20F3N3O7. The molecule has 35 heavy (non-hydrogen) atoms. The van der Waals surface area contributed by atoms with Crippen molar-refractivity contribution < 1.29 is 41.9 Å². The highest BCUT2D eigenvalue weighted by Crippen LogP contribution is 2.38. The number of carbonyl (C=O) groups excluding carboxylic acids is 2. The number of non-ortho nitro benzene ring substituents is 1. The second kappa shape index (κ2) is 9.68. The van der Waals surface area contributed by atoms with Gasteiger partial charge in [0, 0.05) is 38.3 Å². The molecule has 2 aliphatic rings. The summed E-state index contributed by atoms with van der Waals surface area (Å²) in [6.07, 6.45) is -5.72. The Bertz CT molecular complexity index is 1130. The number of hydrogen-bond donors (Lipinski definition) is 0. The van der Waals surface area contributed by atoms with Crippen molar-refractivity contribution in [3.63, 3.8) is 0 Å². The van der Waals surface area contributed by atoms with Gasteiger partial charge in [0.25, 0.3) is 17.5 Å². The number of carbonyl (C=O) groups is 2. The van der Waals surface area contributed by atoms with Gasteiger partial charge in [0.2, 0.25) is 6.10 Å². The van der Waals surface area contributed by atoms with Crippen LogP contribution in [0.15, 0.2) is 42.5 Å². The summed E-state index contributed by atoms with van der Waals surface area (Å²) in [6.45, 7) is 0.0919. The Kier molecular flexibility index (Phi) is 6.67. The normalized spacial score (nSPS) is 17.6. The minimum absolute atomic E-state index is 0.0552. The van der Waals surface area contributed by atoms with Gasteiger partial charge in [-0.25, -0.2) is 0 Å². The van der Waals surface area contributed by atoms with Crippen LogP contribution in [0.1, 0.15) is 5.56 Å². The number of nitro benzene ring substituents is 1. The third kappa shape index (κ3) is 5.39. The van der Waals surface area contributed by atoms with Crippen molar-refractivity contribution in [2.45, 2.75) is 12.3 Å². The molecule has 2 heterocycles. The number of amides is 2. The molecule has 0 spiro atoms. The van der Waals surface area contributed by atoms with E-state index in [1.165, 1.54) is 9.80 Å². The number of alkyl halides is 3. The summed E-state index contributed by atoms with van der Waals surface area (Å²) >= 11 is 0. The van der Waals surface area contributed by atoms with Gasteiger partial charge in [-0.2, -0.15) is 13.2 Å². The lowest BCUT2D eigenvalue weighted by Crippen LogP contribution is -2.55. The van der Waals surface area contributed by atoms with Gasteiger partial charge in [0.05, 0.1) is 4.92 Å². The van der Waals surface area contributed by atoms with Crippen molar-refractivity contribution in [1.82, 2.24) is 9.80 Å². The van der Waals surface area contributed by atoms with Crippen molar-refractivity contribution >= 4 is 17.5 Å². The Morgan fingerprint density at radius 2 is 1.71 bits per heavy atom. The summed E-state index contributed by atoms with van der Waals surface area (Å²) in [5, 5.41) is 10.8. The average Bonchev–Trinajstić information content (AvgIpc) is 2.86. The van der Waals surface area contributed by atoms with Crippen molar-refractivity contribution in [3.05, 3.63) is 58.1 Å². The second-order valence-corrected chi connectivity index (χ2v) is 7.79. The van der Waals surface area contributed by atoms with Gasteiger partial charge in [0.15, 0.2) is 18.1 Å². The van der Waals surface area contributed by atoms with Crippen LogP contribution < -0.4 is 14.2 Å². The molecular weight excluding hydrogens is 475 g/mol. The molecule has 1 unspecified atom stereocenters. The SMILES string of the molecule is O=C(COc1ccc([N+](=O)[O-])cc1C(F)(F)F)N1CCN(C(=O)C2COc3ccccc3O2)CC1. The van der Waals surface area contributed by atoms with Crippen LogP contribution in [0, 0.1) is 10.1 Å². The molecule has 186 valence electrons. The van der Waals surface area contributed by atoms with E-state index < -0.39 is 46.7 Å². The van der Waals surface area contributed by atoms with E-state index in [0.717, 1.165) is 12.1 Å². The Hall–Kier alpha value is -4.03. The molecule has 2 aromatic rings. The summed E-state index contributed by atoms with van der Waals surface area (Å²) in [6, 6.07) is 9.02. The molecule has 0 saturated carbocycles. The lowest BCUT2D eigenvalue weighted by atomic mass is 10.1. The maximum atomic E-state index is 13.3. The predicted molar refractivity (Wildman–Crippen MR) is 113 cm³/mol. The van der Waals surface area contributed by atoms with Crippen LogP contribution in [0.25, 0.3) is 0 Å². The number of benzene rings is 2. The fraction of sp³-hybridized carbons (Fsp3) is 0.364. The number of para-hydroxylation sites is 2. The van der Waals surface area contributed by atoms with Gasteiger partial charge in [-0.3, -0.25) is 19.7 Å². The summed E-state index contributed by atoms with van der Waals surface area (Å²) in [4.78, 5) is 38.0. The third-order valence-electron chi connectivity index (χ3n) is 5.56. The molecule has 0 N–H and O–H groups in total. The molecule has 0 aromatic heterocycles. The molecule has 1 fully saturated rings. The summed E-state index contributed by atoms with van der Waals surface area (Å²) in [5.41, 5.74) is -2.08. The fourth-order valence-corrected chi connectivity index (χ4v) is 3.73. The standard InChI is InChI=1S/C22H20F3N3O7/c23-22(24,25)15-11-14(28(31)32)5-6-16(15)34-13-20(29)26-7-9-27(10-8-26)21(30)19-12-33-17-3-1-2-4-18(17)35-19/h1-6,11,19H,7-10,12-13H2. The van der Waals surface area contributed by atoms with Gasteiger partial charge >= 0.3 is 6.18 Å². The van der Waals surface area contributed by atoms with E-state index in [9.17, 15) is 32.9 Å². The van der Waals surface area contributed by atoms with Gasteiger partial charge in [0.1, 0.15) is 17.9 Å². The van der Waals surface area contributed by atoms with Crippen LogP contribution in [0.3, 0.4) is 0 Å². The highest BCUT2D eigenvalue weighted by molar-refractivity contribution is 5.83. The molecule has 2 aliphatic heterocycles. The van der Waals surface area contributed by atoms with E-state index in [-0.39, 0.29) is 38.7 Å². The van der Waals surface area contributed by atoms with E-state index in [1.54, 1.807) is 24.3 Å². The average molecular weight is 495 g/mol. The van der Waals surface area contributed by atoms with E-state index >= 15 is 0 Å². The van der Waals surface area contributed by atoms with Crippen LogP contribution in [0.5, 0.6) is 17.2 Å². The number of hydrogen-bond acceptors (Lipinski definition) is 7. The Balaban J connectivity index is 1.31. The lowest BCUT2D eigenvalue weighted by Gasteiger charge is -2.37. The first kappa shape index (κ1) is 24.1. The van der Waals surface area contributed by atoms with Crippen LogP contribution >= 0.6 is 0 Å². The predicted octanol–water partition coefficient (Wildman–Crippen LogP) is 2.50. The molecule has 2 amide bonds. The van der Waals surface area contributed by atoms with Gasteiger partial charge in [-0.05, 0) is 18.2 Å². The Labute approximate surface area is 196 Å². The fourth-order valence-electron chi connectivity index (χ4n) is 3.73. The summed E-state index contributed by atoms with van der Waals surface area (Å²) in [7, 11) is 0. The number of fused-ring (bicyclic) bond motifs is 1. The van der Waals surface area contributed by atoms with E-state index in [2.05, 4.69) is 0 Å². The number of piperazine rings is 1. The molecule has 2 aromatic carbocycles. The molecule has 1 saturated heterocycles. The van der Waals surface area contributed by atoms with Crippen LogP contribution in [0.2, 0.25) is 0 Å². The Morgan fingerprint density at radius 3 is 2.37 bits per heavy atom. The highest BCUT2D eigenvalue weighted by atomic mass is 19.4. The van der Waals surface area contributed by atoms with Crippen molar-refractivity contribution in [3.8, 4) is 17.2 Å². The first-order valence-corrected chi connectivity index (χ1v) is 10.6. The van der Waals surface area contributed by atoms with Crippen molar-refractivity contribution in [2.75, 3.05) is 39.4 Å². The number of nitrogens with zero attached hydrogens (tertiary/aromatic N) is 3. The number of halogens is 3. The van der Waals surface area contributed by atoms with Gasteiger partial charge < -0.3 is 24.0 Å². The minimum atomic E-state index is -4.90. The lowest BCUT2D eigenvalue weighted by molar-refractivity contribution is -0.385. The zero-order valence-corrected chi connectivity index (χ0v) is 18.2. The number of ether oxygens (including phenoxy) is 3. The van der Waals surface area contributed by atoms with Crippen molar-refractivity contribution in [2.24, 2.45) is 0 Å². The largest absolute Gasteiger partial charge is 0.485 e.